The van der Waals surface area contributed by atoms with Crippen molar-refractivity contribution in [1.82, 2.24) is 0 Å². The van der Waals surface area contributed by atoms with Gasteiger partial charge in [-0.1, -0.05) is 42.5 Å². The van der Waals surface area contributed by atoms with E-state index >= 15 is 0 Å². The number of fused-ring (bicyclic) bond motifs is 5. The Morgan fingerprint density at radius 1 is 0.931 bits per heavy atom. The first-order valence-corrected chi connectivity index (χ1v) is 9.81. The Morgan fingerprint density at radius 3 is 2.52 bits per heavy atom. The van der Waals surface area contributed by atoms with Gasteiger partial charge in [0.05, 0.1) is 5.54 Å². The van der Waals surface area contributed by atoms with Crippen molar-refractivity contribution < 1.29 is 9.13 Å². The zero-order valence-corrected chi connectivity index (χ0v) is 16.7. The van der Waals surface area contributed by atoms with Crippen LogP contribution in [0.25, 0.3) is 28.5 Å². The summed E-state index contributed by atoms with van der Waals surface area (Å²) in [6, 6.07) is 19.0. The summed E-state index contributed by atoms with van der Waals surface area (Å²) in [5.74, 6) is 1.18. The molecule has 0 saturated carbocycles. The molecule has 0 amide bonds. The van der Waals surface area contributed by atoms with Gasteiger partial charge in [0.25, 0.3) is 0 Å². The number of rotatable bonds is 1. The maximum Gasteiger partial charge on any atom is 0.136 e. The van der Waals surface area contributed by atoms with Crippen molar-refractivity contribution in [3.05, 3.63) is 89.2 Å². The number of ether oxygens (including phenoxy) is 1. The van der Waals surface area contributed by atoms with E-state index in [2.05, 4.69) is 62.5 Å². The smallest absolute Gasteiger partial charge is 0.136 e. The van der Waals surface area contributed by atoms with Crippen molar-refractivity contribution in [3.8, 4) is 16.9 Å². The van der Waals surface area contributed by atoms with Gasteiger partial charge in [-0.15, -0.1) is 0 Å². The van der Waals surface area contributed by atoms with Gasteiger partial charge in [-0.2, -0.15) is 0 Å². The number of hydrogen-bond donors (Lipinski definition) is 1. The van der Waals surface area contributed by atoms with E-state index in [-0.39, 0.29) is 11.4 Å². The van der Waals surface area contributed by atoms with E-state index in [1.54, 1.807) is 12.1 Å². The highest BCUT2D eigenvalue weighted by Crippen LogP contribution is 2.49. The fourth-order valence-corrected chi connectivity index (χ4v) is 4.37. The molecule has 0 spiro atoms. The van der Waals surface area contributed by atoms with E-state index in [0.29, 0.717) is 5.75 Å². The minimum absolute atomic E-state index is 0.131. The molecule has 29 heavy (non-hydrogen) atoms. The lowest BCUT2D eigenvalue weighted by atomic mass is 9.83. The number of benzene rings is 3. The minimum Gasteiger partial charge on any atom is -0.456 e. The molecule has 3 heteroatoms. The lowest BCUT2D eigenvalue weighted by Crippen LogP contribution is -2.32. The van der Waals surface area contributed by atoms with Gasteiger partial charge >= 0.3 is 0 Å². The summed E-state index contributed by atoms with van der Waals surface area (Å²) in [5.41, 5.74) is 7.06. The van der Waals surface area contributed by atoms with Crippen molar-refractivity contribution in [2.75, 3.05) is 5.32 Å². The van der Waals surface area contributed by atoms with Crippen LogP contribution in [-0.4, -0.2) is 5.54 Å². The molecule has 2 heterocycles. The second-order valence-electron chi connectivity index (χ2n) is 8.25. The predicted molar refractivity (Wildman–Crippen MR) is 118 cm³/mol. The molecule has 3 aromatic rings. The maximum atomic E-state index is 14.1. The van der Waals surface area contributed by atoms with Crippen LogP contribution >= 0.6 is 0 Å². The number of halogens is 1. The highest BCUT2D eigenvalue weighted by atomic mass is 19.1. The molecule has 2 aliphatic heterocycles. The lowest BCUT2D eigenvalue weighted by molar-refractivity contribution is 0.511. The van der Waals surface area contributed by atoms with Crippen LogP contribution in [0.2, 0.25) is 0 Å². The number of nitrogens with one attached hydrogen (secondary N) is 1. The van der Waals surface area contributed by atoms with Gasteiger partial charge in [0.1, 0.15) is 17.3 Å². The Hall–Kier alpha value is -3.33. The molecule has 0 bridgehead atoms. The average Bonchev–Trinajstić information content (AvgIpc) is 2.67. The fourth-order valence-electron chi connectivity index (χ4n) is 4.37. The van der Waals surface area contributed by atoms with Crippen molar-refractivity contribution in [1.29, 1.82) is 0 Å². The number of anilines is 1. The molecule has 2 nitrogen and oxygen atoms in total. The largest absolute Gasteiger partial charge is 0.456 e. The van der Waals surface area contributed by atoms with Gasteiger partial charge in [0, 0.05) is 22.4 Å². The van der Waals surface area contributed by atoms with Crippen LogP contribution in [-0.2, 0) is 0 Å². The van der Waals surface area contributed by atoms with Crippen molar-refractivity contribution in [2.45, 2.75) is 26.3 Å². The molecule has 144 valence electrons. The zero-order valence-electron chi connectivity index (χ0n) is 16.7. The highest BCUT2D eigenvalue weighted by molar-refractivity contribution is 6.00. The Bertz CT molecular complexity index is 1190. The third-order valence-electron chi connectivity index (χ3n) is 5.43. The van der Waals surface area contributed by atoms with Crippen LogP contribution in [0.3, 0.4) is 0 Å². The van der Waals surface area contributed by atoms with Crippen LogP contribution in [0.4, 0.5) is 10.1 Å². The second kappa shape index (κ2) is 6.35. The Kier molecular flexibility index (Phi) is 3.88. The van der Waals surface area contributed by atoms with E-state index in [1.807, 2.05) is 18.2 Å². The Morgan fingerprint density at radius 2 is 1.72 bits per heavy atom. The summed E-state index contributed by atoms with van der Waals surface area (Å²) in [6.45, 7) is 6.44. The van der Waals surface area contributed by atoms with Gasteiger partial charge < -0.3 is 10.1 Å². The average molecular weight is 383 g/mol. The monoisotopic (exact) mass is 383 g/mol. The standard InChI is InChI=1S/C26H22FNO/c1-16-15-26(2,3)28-21-11-10-19-20-14-18(27)9-12-22(20)29-23(25(19)24(16)21)13-17-7-5-4-6-8-17/h4-15,28H,1-3H3. The van der Waals surface area contributed by atoms with E-state index < -0.39 is 0 Å². The van der Waals surface area contributed by atoms with Gasteiger partial charge in [-0.05, 0) is 67.8 Å². The van der Waals surface area contributed by atoms with Crippen LogP contribution in [0.5, 0.6) is 5.75 Å². The maximum absolute atomic E-state index is 14.1. The van der Waals surface area contributed by atoms with Gasteiger partial charge in [-0.25, -0.2) is 4.39 Å². The third-order valence-corrected chi connectivity index (χ3v) is 5.43. The lowest BCUT2D eigenvalue weighted by Gasteiger charge is -2.35. The molecule has 0 aromatic heterocycles. The summed E-state index contributed by atoms with van der Waals surface area (Å²) in [5, 5.41) is 3.60. The van der Waals surface area contributed by atoms with Crippen LogP contribution in [0.15, 0.2) is 66.7 Å². The number of hydrogen-bond acceptors (Lipinski definition) is 2. The topological polar surface area (TPSA) is 21.3 Å². The molecule has 2 aliphatic rings. The molecule has 0 aliphatic carbocycles. The number of allylic oxidation sites excluding steroid dienone is 1. The van der Waals surface area contributed by atoms with Crippen LogP contribution in [0, 0.1) is 5.82 Å². The first kappa shape index (κ1) is 17.7. The highest BCUT2D eigenvalue weighted by Gasteiger charge is 2.31. The normalized spacial score (nSPS) is 17.4. The molecular formula is C26H22FNO. The van der Waals surface area contributed by atoms with E-state index in [4.69, 9.17) is 4.74 Å². The SMILES string of the molecule is CC1=CC(C)(C)Nc2ccc3c(c21)C(=Cc1ccccc1)Oc1ccc(F)cc1-3. The molecule has 0 saturated heterocycles. The predicted octanol–water partition coefficient (Wildman–Crippen LogP) is 6.99. The van der Waals surface area contributed by atoms with Crippen LogP contribution < -0.4 is 10.1 Å². The second-order valence-corrected chi connectivity index (χ2v) is 8.25. The van der Waals surface area contributed by atoms with E-state index in [0.717, 1.165) is 39.3 Å². The molecular weight excluding hydrogens is 361 g/mol. The molecule has 0 fully saturated rings. The Balaban J connectivity index is 1.81. The zero-order chi connectivity index (χ0) is 20.2. The van der Waals surface area contributed by atoms with Crippen molar-refractivity contribution in [2.24, 2.45) is 0 Å². The van der Waals surface area contributed by atoms with Gasteiger partial charge in [0.15, 0.2) is 0 Å². The van der Waals surface area contributed by atoms with Gasteiger partial charge in [0.2, 0.25) is 0 Å². The fraction of sp³-hybridized carbons (Fsp3) is 0.154. The molecule has 0 unspecified atom stereocenters. The molecule has 0 radical (unpaired) electrons. The van der Waals surface area contributed by atoms with Crippen molar-refractivity contribution >= 4 is 23.1 Å². The molecule has 5 rings (SSSR count). The molecule has 1 N–H and O–H groups in total. The minimum atomic E-state index is -0.266. The summed E-state index contributed by atoms with van der Waals surface area (Å²) in [4.78, 5) is 0. The quantitative estimate of drug-likeness (QED) is 0.489. The first-order chi connectivity index (χ1) is 13.9. The summed E-state index contributed by atoms with van der Waals surface area (Å²) >= 11 is 0. The van der Waals surface area contributed by atoms with Crippen LogP contribution in [0.1, 0.15) is 37.5 Å². The first-order valence-electron chi connectivity index (χ1n) is 9.81. The summed E-state index contributed by atoms with van der Waals surface area (Å²) < 4.78 is 20.4. The molecule has 3 aromatic carbocycles. The Labute approximate surface area is 170 Å². The van der Waals surface area contributed by atoms with E-state index in [1.165, 1.54) is 11.6 Å². The third kappa shape index (κ3) is 3.03. The van der Waals surface area contributed by atoms with Gasteiger partial charge in [-0.3, -0.25) is 0 Å². The van der Waals surface area contributed by atoms with E-state index in [9.17, 15) is 4.39 Å². The van der Waals surface area contributed by atoms with Crippen molar-refractivity contribution in [3.63, 3.8) is 0 Å². The summed E-state index contributed by atoms with van der Waals surface area (Å²) in [7, 11) is 0. The molecule has 0 atom stereocenters. The summed E-state index contributed by atoms with van der Waals surface area (Å²) in [6.07, 6.45) is 4.29.